The molecule has 3 aliphatic heterocycles. The van der Waals surface area contributed by atoms with Crippen molar-refractivity contribution in [1.29, 1.82) is 0 Å². The number of carbonyl (C=O) groups excluding carboxylic acids is 1. The van der Waals surface area contributed by atoms with Crippen molar-refractivity contribution >= 4 is 23.4 Å². The molecule has 164 valence electrons. The lowest BCUT2D eigenvalue weighted by atomic mass is 9.95. The van der Waals surface area contributed by atoms with Gasteiger partial charge in [-0.2, -0.15) is 4.98 Å². The van der Waals surface area contributed by atoms with Gasteiger partial charge in [-0.05, 0) is 38.5 Å². The molecule has 3 aliphatic rings. The smallest absolute Gasteiger partial charge is 0.259 e. The highest BCUT2D eigenvalue weighted by Crippen LogP contribution is 2.33. The Bertz CT molecular complexity index is 915. The monoisotopic (exact) mass is 422 g/mol. The maximum absolute atomic E-state index is 13.5. The van der Waals surface area contributed by atoms with Crippen molar-refractivity contribution in [3.8, 4) is 0 Å². The number of piperidine rings is 1. The summed E-state index contributed by atoms with van der Waals surface area (Å²) >= 11 is 0. The van der Waals surface area contributed by atoms with E-state index in [4.69, 9.17) is 4.98 Å². The van der Waals surface area contributed by atoms with Crippen molar-refractivity contribution in [3.05, 3.63) is 30.5 Å². The van der Waals surface area contributed by atoms with Crippen molar-refractivity contribution < 1.29 is 4.79 Å². The van der Waals surface area contributed by atoms with Gasteiger partial charge in [0.2, 0.25) is 5.95 Å². The summed E-state index contributed by atoms with van der Waals surface area (Å²) < 4.78 is 0. The molecule has 1 amide bonds. The Morgan fingerprint density at radius 3 is 2.68 bits per heavy atom. The van der Waals surface area contributed by atoms with Gasteiger partial charge < -0.3 is 20.0 Å². The van der Waals surface area contributed by atoms with Crippen LogP contribution in [0.2, 0.25) is 0 Å². The first-order chi connectivity index (χ1) is 15.2. The lowest BCUT2D eigenvalue weighted by molar-refractivity contribution is 0.0716. The van der Waals surface area contributed by atoms with Crippen molar-refractivity contribution in [3.63, 3.8) is 0 Å². The van der Waals surface area contributed by atoms with Gasteiger partial charge in [-0.15, -0.1) is 0 Å². The van der Waals surface area contributed by atoms with Crippen LogP contribution in [0.25, 0.3) is 0 Å². The van der Waals surface area contributed by atoms with E-state index in [0.29, 0.717) is 23.5 Å². The molecule has 2 fully saturated rings. The first kappa shape index (κ1) is 20.0. The molecule has 0 aliphatic carbocycles. The molecular weight excluding hydrogens is 392 g/mol. The molecular formula is C22H30N8O. The van der Waals surface area contributed by atoms with E-state index in [0.717, 1.165) is 76.5 Å². The maximum atomic E-state index is 13.5. The summed E-state index contributed by atoms with van der Waals surface area (Å²) in [7, 11) is 0. The van der Waals surface area contributed by atoms with Crippen LogP contribution in [0.4, 0.5) is 17.5 Å². The molecule has 1 unspecified atom stereocenters. The van der Waals surface area contributed by atoms with Gasteiger partial charge in [-0.3, -0.25) is 4.79 Å². The summed E-state index contributed by atoms with van der Waals surface area (Å²) in [6.45, 7) is 7.27. The van der Waals surface area contributed by atoms with E-state index in [1.165, 1.54) is 0 Å². The molecule has 0 bridgehead atoms. The van der Waals surface area contributed by atoms with Crippen LogP contribution in [0.5, 0.6) is 0 Å². The Morgan fingerprint density at radius 1 is 1.10 bits per heavy atom. The van der Waals surface area contributed by atoms with E-state index in [1.54, 1.807) is 12.5 Å². The summed E-state index contributed by atoms with van der Waals surface area (Å²) in [6.07, 6.45) is 11.4. The fourth-order valence-corrected chi connectivity index (χ4v) is 5.10. The quantitative estimate of drug-likeness (QED) is 0.783. The molecule has 9 nitrogen and oxygen atoms in total. The minimum Gasteiger partial charge on any atom is -0.369 e. The Balaban J connectivity index is 1.31. The lowest BCUT2D eigenvalue weighted by Gasteiger charge is -2.36. The number of aromatic nitrogens is 4. The summed E-state index contributed by atoms with van der Waals surface area (Å²) in [4.78, 5) is 37.6. The number of carbonyl (C=O) groups is 1. The van der Waals surface area contributed by atoms with E-state index >= 15 is 0 Å². The second kappa shape index (κ2) is 8.64. The fraction of sp³-hybridized carbons (Fsp3) is 0.591. The first-order valence-corrected chi connectivity index (χ1v) is 11.4. The minimum atomic E-state index is 0.0753. The van der Waals surface area contributed by atoms with Gasteiger partial charge in [0.15, 0.2) is 0 Å². The van der Waals surface area contributed by atoms with Crippen LogP contribution in [0.3, 0.4) is 0 Å². The fourth-order valence-electron chi connectivity index (χ4n) is 5.10. The predicted octanol–water partition coefficient (Wildman–Crippen LogP) is 2.04. The third-order valence-corrected chi connectivity index (χ3v) is 6.71. The predicted molar refractivity (Wildman–Crippen MR) is 119 cm³/mol. The van der Waals surface area contributed by atoms with Gasteiger partial charge in [0, 0.05) is 51.5 Å². The standard InChI is InChI=1S/C22H30N8O/c1-2-25-22-26-12-19-20(27-22)30-7-3-4-17(30)14-29(21(19)31)13-16-5-8-28(9-6-16)18-10-23-15-24-11-18/h10-12,15-17H,2-9,13-14H2,1H3,(H,25,26,27). The van der Waals surface area contributed by atoms with Gasteiger partial charge in [-0.1, -0.05) is 0 Å². The number of hydrogen-bond acceptors (Lipinski definition) is 8. The van der Waals surface area contributed by atoms with Gasteiger partial charge in [-0.25, -0.2) is 15.0 Å². The van der Waals surface area contributed by atoms with E-state index in [9.17, 15) is 4.79 Å². The highest BCUT2D eigenvalue weighted by molar-refractivity contribution is 5.99. The number of fused-ring (bicyclic) bond motifs is 3. The zero-order valence-corrected chi connectivity index (χ0v) is 18.1. The van der Waals surface area contributed by atoms with E-state index in [2.05, 4.69) is 35.0 Å². The van der Waals surface area contributed by atoms with Gasteiger partial charge in [0.1, 0.15) is 17.7 Å². The molecule has 2 aromatic heterocycles. The summed E-state index contributed by atoms with van der Waals surface area (Å²) in [5.74, 6) is 1.99. The van der Waals surface area contributed by atoms with Crippen LogP contribution in [0, 0.1) is 5.92 Å². The third kappa shape index (κ3) is 4.00. The Kier molecular flexibility index (Phi) is 5.57. The van der Waals surface area contributed by atoms with Crippen LogP contribution in [-0.4, -0.2) is 76.1 Å². The molecule has 9 heteroatoms. The molecule has 5 heterocycles. The van der Waals surface area contributed by atoms with E-state index in [-0.39, 0.29) is 5.91 Å². The van der Waals surface area contributed by atoms with Crippen LogP contribution in [0.15, 0.2) is 24.9 Å². The van der Waals surface area contributed by atoms with Gasteiger partial charge in [0.05, 0.1) is 18.1 Å². The zero-order valence-electron chi connectivity index (χ0n) is 18.1. The van der Waals surface area contributed by atoms with Crippen LogP contribution < -0.4 is 15.1 Å². The Labute approximate surface area is 182 Å². The highest BCUT2D eigenvalue weighted by atomic mass is 16.2. The van der Waals surface area contributed by atoms with Crippen molar-refractivity contribution in [2.75, 3.05) is 54.4 Å². The molecule has 0 spiro atoms. The highest BCUT2D eigenvalue weighted by Gasteiger charge is 2.37. The molecule has 1 atom stereocenters. The molecule has 31 heavy (non-hydrogen) atoms. The van der Waals surface area contributed by atoms with E-state index < -0.39 is 0 Å². The number of amides is 1. The summed E-state index contributed by atoms with van der Waals surface area (Å²) in [6, 6.07) is 0.344. The van der Waals surface area contributed by atoms with E-state index in [1.807, 2.05) is 19.3 Å². The van der Waals surface area contributed by atoms with Gasteiger partial charge >= 0.3 is 0 Å². The average Bonchev–Trinajstić information content (AvgIpc) is 3.24. The second-order valence-electron chi connectivity index (χ2n) is 8.69. The number of hydrogen-bond donors (Lipinski definition) is 1. The molecule has 2 aromatic rings. The van der Waals surface area contributed by atoms with Crippen LogP contribution in [0.1, 0.15) is 43.0 Å². The summed E-state index contributed by atoms with van der Waals surface area (Å²) in [5.41, 5.74) is 1.72. The molecule has 0 radical (unpaired) electrons. The lowest BCUT2D eigenvalue weighted by Crippen LogP contribution is -2.44. The Hall–Kier alpha value is -2.97. The molecule has 1 N–H and O–H groups in total. The van der Waals surface area contributed by atoms with Crippen molar-refractivity contribution in [2.24, 2.45) is 5.92 Å². The Morgan fingerprint density at radius 2 is 1.90 bits per heavy atom. The number of nitrogens with zero attached hydrogens (tertiary/aromatic N) is 7. The minimum absolute atomic E-state index is 0.0753. The molecule has 5 rings (SSSR count). The SMILES string of the molecule is CCNc1ncc2c(n1)N1CCCC1CN(CC1CCN(c3cncnc3)CC1)C2=O. The zero-order chi connectivity index (χ0) is 21.2. The molecule has 0 aromatic carbocycles. The number of anilines is 3. The maximum Gasteiger partial charge on any atom is 0.259 e. The van der Waals surface area contributed by atoms with Crippen LogP contribution >= 0.6 is 0 Å². The second-order valence-corrected chi connectivity index (χ2v) is 8.69. The van der Waals surface area contributed by atoms with Gasteiger partial charge in [0.25, 0.3) is 5.91 Å². The molecule has 2 saturated heterocycles. The number of rotatable bonds is 5. The largest absolute Gasteiger partial charge is 0.369 e. The van der Waals surface area contributed by atoms with Crippen LogP contribution in [-0.2, 0) is 0 Å². The first-order valence-electron chi connectivity index (χ1n) is 11.4. The van der Waals surface area contributed by atoms with Crippen molar-refractivity contribution in [1.82, 2.24) is 24.8 Å². The topological polar surface area (TPSA) is 90.4 Å². The third-order valence-electron chi connectivity index (χ3n) is 6.71. The average molecular weight is 423 g/mol. The number of nitrogens with one attached hydrogen (secondary N) is 1. The summed E-state index contributed by atoms with van der Waals surface area (Å²) in [5, 5.41) is 3.18. The normalized spacial score (nSPS) is 21.6. The molecule has 0 saturated carbocycles. The van der Waals surface area contributed by atoms with Crippen molar-refractivity contribution in [2.45, 2.75) is 38.6 Å².